The predicted octanol–water partition coefficient (Wildman–Crippen LogP) is 14.1. The van der Waals surface area contributed by atoms with Gasteiger partial charge in [0.2, 0.25) is 0 Å². The highest BCUT2D eigenvalue weighted by Crippen LogP contribution is 2.50. The molecule has 7 aromatic carbocycles. The maximum Gasteiger partial charge on any atom is 0.0578 e. The van der Waals surface area contributed by atoms with Gasteiger partial charge in [-0.2, -0.15) is 0 Å². The number of allylic oxidation sites excluding steroid dienone is 4. The maximum absolute atomic E-state index is 2.57. The molecule has 0 spiro atoms. The van der Waals surface area contributed by atoms with E-state index in [0.717, 1.165) is 29.9 Å². The molecule has 0 saturated carbocycles. The zero-order valence-electron chi connectivity index (χ0n) is 30.1. The molecule has 0 atom stereocenters. The summed E-state index contributed by atoms with van der Waals surface area (Å²) >= 11 is 0. The molecule has 10 rings (SSSR count). The van der Waals surface area contributed by atoms with Gasteiger partial charge in [0, 0.05) is 38.9 Å². The summed E-state index contributed by atoms with van der Waals surface area (Å²) in [6.07, 6.45) is 6.89. The van der Waals surface area contributed by atoms with E-state index in [1.807, 2.05) is 0 Å². The highest BCUT2D eigenvalue weighted by molar-refractivity contribution is 6.13. The van der Waals surface area contributed by atoms with Gasteiger partial charge < -0.3 is 9.47 Å². The Bertz CT molecular complexity index is 2610. The Morgan fingerprint density at radius 3 is 1.57 bits per heavy atom. The van der Waals surface area contributed by atoms with Crippen molar-refractivity contribution in [2.45, 2.75) is 32.1 Å². The zero-order valence-corrected chi connectivity index (χ0v) is 30.1. The first-order valence-corrected chi connectivity index (χ1v) is 18.7. The number of hydrogen-bond donors (Lipinski definition) is 0. The van der Waals surface area contributed by atoms with Crippen molar-refractivity contribution in [1.29, 1.82) is 0 Å². The molecule has 0 amide bonds. The quantitative estimate of drug-likeness (QED) is 0.170. The van der Waals surface area contributed by atoms with Gasteiger partial charge >= 0.3 is 0 Å². The standard InChI is InChI=1S/C51H40N2/c1-51(2)46-17-9-10-19-49(46)53-48-33-26-40(34-45(48)44-16-11-18-47(51)50(44)53)39-24-31-43(32-25-39)52(41-27-20-37(21-28-41)35-12-5-3-6-13-35)42-29-22-38(23-30-42)36-14-7-4-8-15-36/h3-9,11-18,20-34H,10,19H2,1-2H3. The second kappa shape index (κ2) is 12.4. The van der Waals surface area contributed by atoms with Crippen molar-refractivity contribution in [2.24, 2.45) is 0 Å². The van der Waals surface area contributed by atoms with E-state index < -0.39 is 0 Å². The molecular formula is C51H40N2. The molecule has 53 heavy (non-hydrogen) atoms. The molecule has 0 radical (unpaired) electrons. The minimum absolute atomic E-state index is 0.0234. The van der Waals surface area contributed by atoms with E-state index in [1.54, 1.807) is 0 Å². The van der Waals surface area contributed by atoms with E-state index in [1.165, 1.54) is 72.0 Å². The molecule has 1 aliphatic heterocycles. The van der Waals surface area contributed by atoms with E-state index >= 15 is 0 Å². The van der Waals surface area contributed by atoms with E-state index in [-0.39, 0.29) is 5.41 Å². The lowest BCUT2D eigenvalue weighted by molar-refractivity contribution is 0.623. The molecule has 8 aromatic rings. The predicted molar refractivity (Wildman–Crippen MR) is 225 cm³/mol. The Morgan fingerprint density at radius 2 is 1.00 bits per heavy atom. The van der Waals surface area contributed by atoms with Crippen LogP contribution in [-0.2, 0) is 5.41 Å². The Labute approximate surface area is 311 Å². The molecule has 0 N–H and O–H groups in total. The second-order valence-electron chi connectivity index (χ2n) is 14.9. The summed E-state index contributed by atoms with van der Waals surface area (Å²) < 4.78 is 2.57. The molecular weight excluding hydrogens is 641 g/mol. The minimum Gasteiger partial charge on any atom is -0.312 e. The van der Waals surface area contributed by atoms with Crippen molar-refractivity contribution < 1.29 is 0 Å². The summed E-state index contributed by atoms with van der Waals surface area (Å²) in [5.41, 5.74) is 17.6. The molecule has 0 unspecified atom stereocenters. The summed E-state index contributed by atoms with van der Waals surface area (Å²) in [5.74, 6) is 0. The lowest BCUT2D eigenvalue weighted by Crippen LogP contribution is -2.27. The summed E-state index contributed by atoms with van der Waals surface area (Å²) in [6, 6.07) is 62.0. The van der Waals surface area contributed by atoms with Crippen molar-refractivity contribution >= 4 is 44.6 Å². The van der Waals surface area contributed by atoms with Gasteiger partial charge in [-0.1, -0.05) is 147 Å². The molecule has 0 saturated heterocycles. The third-order valence-electron chi connectivity index (χ3n) is 11.5. The third kappa shape index (κ3) is 5.17. The molecule has 2 heteroatoms. The van der Waals surface area contributed by atoms with Gasteiger partial charge in [-0.05, 0) is 106 Å². The number of nitrogens with zero attached hydrogens (tertiary/aromatic N) is 2. The molecule has 2 nitrogen and oxygen atoms in total. The van der Waals surface area contributed by atoms with Gasteiger partial charge in [-0.3, -0.25) is 0 Å². The highest BCUT2D eigenvalue weighted by atomic mass is 15.1. The van der Waals surface area contributed by atoms with Crippen molar-refractivity contribution in [1.82, 2.24) is 4.57 Å². The van der Waals surface area contributed by atoms with Crippen LogP contribution >= 0.6 is 0 Å². The lowest BCUT2D eigenvalue weighted by atomic mass is 9.72. The number of rotatable bonds is 6. The molecule has 2 heterocycles. The van der Waals surface area contributed by atoms with Gasteiger partial charge in [0.15, 0.2) is 0 Å². The lowest BCUT2D eigenvalue weighted by Gasteiger charge is -2.37. The topological polar surface area (TPSA) is 8.17 Å². The van der Waals surface area contributed by atoms with Crippen LogP contribution < -0.4 is 4.90 Å². The summed E-state index contributed by atoms with van der Waals surface area (Å²) in [6.45, 7) is 4.78. The fraction of sp³-hybridized carbons (Fsp3) is 0.0980. The summed E-state index contributed by atoms with van der Waals surface area (Å²) in [4.78, 5) is 2.35. The van der Waals surface area contributed by atoms with Gasteiger partial charge in [-0.15, -0.1) is 0 Å². The molecule has 1 aromatic heterocycles. The van der Waals surface area contributed by atoms with Crippen molar-refractivity contribution in [3.63, 3.8) is 0 Å². The van der Waals surface area contributed by atoms with Crippen LogP contribution in [0.25, 0.3) is 60.9 Å². The maximum atomic E-state index is 2.57. The van der Waals surface area contributed by atoms with Crippen LogP contribution in [-0.4, -0.2) is 4.57 Å². The van der Waals surface area contributed by atoms with Crippen molar-refractivity contribution in [2.75, 3.05) is 4.90 Å². The van der Waals surface area contributed by atoms with Crippen LogP contribution in [0, 0.1) is 0 Å². The Hall–Kier alpha value is -6.38. The third-order valence-corrected chi connectivity index (χ3v) is 11.5. The van der Waals surface area contributed by atoms with Gasteiger partial charge in [0.1, 0.15) is 0 Å². The SMILES string of the molecule is CC1(C)C2=C(CCC=C2)n2c3ccc(-c4ccc(N(c5ccc(-c6ccccc6)cc5)c5ccc(-c6ccccc6)cc5)cc4)cc3c3cccc1c32. The zero-order chi connectivity index (χ0) is 35.5. The Morgan fingerprint density at radius 1 is 0.491 bits per heavy atom. The normalized spacial score (nSPS) is 14.5. The van der Waals surface area contributed by atoms with E-state index in [2.05, 4.69) is 205 Å². The summed E-state index contributed by atoms with van der Waals surface area (Å²) in [7, 11) is 0. The van der Waals surface area contributed by atoms with Crippen LogP contribution in [0.4, 0.5) is 17.1 Å². The second-order valence-corrected chi connectivity index (χ2v) is 14.9. The smallest absolute Gasteiger partial charge is 0.0578 e. The van der Waals surface area contributed by atoms with E-state index in [9.17, 15) is 0 Å². The first kappa shape index (κ1) is 31.4. The van der Waals surface area contributed by atoms with Crippen LogP contribution in [0.1, 0.15) is 32.3 Å². The molecule has 2 aliphatic rings. The van der Waals surface area contributed by atoms with Crippen LogP contribution in [0.5, 0.6) is 0 Å². The number of para-hydroxylation sites is 1. The van der Waals surface area contributed by atoms with E-state index in [4.69, 9.17) is 0 Å². The number of anilines is 3. The largest absolute Gasteiger partial charge is 0.312 e. The van der Waals surface area contributed by atoms with Crippen LogP contribution in [0.15, 0.2) is 188 Å². The number of fused-ring (bicyclic) bond motifs is 4. The van der Waals surface area contributed by atoms with Crippen LogP contribution in [0.3, 0.4) is 0 Å². The summed E-state index contributed by atoms with van der Waals surface area (Å²) in [5, 5.41) is 2.66. The molecule has 0 bridgehead atoms. The Kier molecular flexibility index (Phi) is 7.33. The van der Waals surface area contributed by atoms with Crippen molar-refractivity contribution in [3.8, 4) is 33.4 Å². The first-order chi connectivity index (χ1) is 26.0. The van der Waals surface area contributed by atoms with E-state index in [0.29, 0.717) is 0 Å². The molecule has 1 aliphatic carbocycles. The number of aromatic nitrogens is 1. The van der Waals surface area contributed by atoms with Gasteiger partial charge in [0.05, 0.1) is 11.0 Å². The minimum atomic E-state index is -0.0234. The average Bonchev–Trinajstić information content (AvgIpc) is 3.56. The Balaban J connectivity index is 1.05. The van der Waals surface area contributed by atoms with Crippen molar-refractivity contribution in [3.05, 3.63) is 193 Å². The molecule has 254 valence electrons. The van der Waals surface area contributed by atoms with Gasteiger partial charge in [0.25, 0.3) is 0 Å². The monoisotopic (exact) mass is 680 g/mol. The number of benzene rings is 7. The fourth-order valence-electron chi connectivity index (χ4n) is 8.75. The average molecular weight is 681 g/mol. The highest BCUT2D eigenvalue weighted by Gasteiger charge is 2.36. The number of hydrogen-bond acceptors (Lipinski definition) is 1. The van der Waals surface area contributed by atoms with Gasteiger partial charge in [-0.25, -0.2) is 0 Å². The molecule has 0 fully saturated rings. The fourth-order valence-corrected chi connectivity index (χ4v) is 8.75. The van der Waals surface area contributed by atoms with Crippen LogP contribution in [0.2, 0.25) is 0 Å². The first-order valence-electron chi connectivity index (χ1n) is 18.7.